The van der Waals surface area contributed by atoms with Crippen LogP contribution in [0.4, 0.5) is 13.2 Å². The Morgan fingerprint density at radius 3 is 2.45 bits per heavy atom. The number of rotatable bonds is 4. The first kappa shape index (κ1) is 14.9. The molecule has 1 nitrogen and oxygen atoms in total. The van der Waals surface area contributed by atoms with Crippen molar-refractivity contribution in [1.29, 1.82) is 0 Å². The molecule has 0 aliphatic heterocycles. The molecule has 0 saturated carbocycles. The Morgan fingerprint density at radius 2 is 1.80 bits per heavy atom. The third-order valence-electron chi connectivity index (χ3n) is 2.72. The standard InChI is InChI=1S/C15H14F3NS/c1-9(19)7-11-12(17)3-2-4-14(11)20-15-6-5-10(16)8-13(15)18/h2-6,8-9H,7,19H2,1H3. The highest BCUT2D eigenvalue weighted by atomic mass is 32.2. The molecule has 5 heteroatoms. The van der Waals surface area contributed by atoms with E-state index in [1.165, 1.54) is 18.2 Å². The Balaban J connectivity index is 2.35. The molecule has 0 aliphatic rings. The molecule has 2 N–H and O–H groups in total. The van der Waals surface area contributed by atoms with Gasteiger partial charge < -0.3 is 5.73 Å². The van der Waals surface area contributed by atoms with Gasteiger partial charge in [-0.15, -0.1) is 0 Å². The van der Waals surface area contributed by atoms with Crippen LogP contribution < -0.4 is 5.73 Å². The molecule has 0 spiro atoms. The minimum absolute atomic E-state index is 0.204. The third kappa shape index (κ3) is 3.55. The van der Waals surface area contributed by atoms with Crippen molar-refractivity contribution < 1.29 is 13.2 Å². The minimum Gasteiger partial charge on any atom is -0.328 e. The normalized spacial score (nSPS) is 12.4. The maximum Gasteiger partial charge on any atom is 0.140 e. The summed E-state index contributed by atoms with van der Waals surface area (Å²) < 4.78 is 40.4. The summed E-state index contributed by atoms with van der Waals surface area (Å²) in [5.74, 6) is -1.66. The smallest absolute Gasteiger partial charge is 0.140 e. The summed E-state index contributed by atoms with van der Waals surface area (Å²) >= 11 is 1.07. The number of hydrogen-bond acceptors (Lipinski definition) is 2. The van der Waals surface area contributed by atoms with Gasteiger partial charge in [-0.1, -0.05) is 17.8 Å². The largest absolute Gasteiger partial charge is 0.328 e. The summed E-state index contributed by atoms with van der Waals surface area (Å²) in [5.41, 5.74) is 6.16. The molecular formula is C15H14F3NS. The number of hydrogen-bond donors (Lipinski definition) is 1. The topological polar surface area (TPSA) is 26.0 Å². The van der Waals surface area contributed by atoms with E-state index in [1.54, 1.807) is 19.1 Å². The van der Waals surface area contributed by atoms with Crippen molar-refractivity contribution in [1.82, 2.24) is 0 Å². The van der Waals surface area contributed by atoms with E-state index in [1.807, 2.05) is 0 Å². The van der Waals surface area contributed by atoms with Gasteiger partial charge in [-0.2, -0.15) is 0 Å². The zero-order chi connectivity index (χ0) is 14.7. The second-order valence-corrected chi connectivity index (χ2v) is 5.66. The number of halogens is 3. The number of nitrogens with two attached hydrogens (primary N) is 1. The molecule has 0 fully saturated rings. The maximum absolute atomic E-state index is 13.9. The Hall–Kier alpha value is -1.46. The fourth-order valence-corrected chi connectivity index (χ4v) is 2.81. The van der Waals surface area contributed by atoms with Crippen LogP contribution in [0.15, 0.2) is 46.2 Å². The lowest BCUT2D eigenvalue weighted by molar-refractivity contribution is 0.565. The zero-order valence-corrected chi connectivity index (χ0v) is 11.7. The van der Waals surface area contributed by atoms with Crippen molar-refractivity contribution in [3.8, 4) is 0 Å². The van der Waals surface area contributed by atoms with E-state index in [4.69, 9.17) is 5.73 Å². The Labute approximate surface area is 120 Å². The molecule has 0 radical (unpaired) electrons. The van der Waals surface area contributed by atoms with E-state index in [0.717, 1.165) is 17.8 Å². The van der Waals surface area contributed by atoms with E-state index >= 15 is 0 Å². The monoisotopic (exact) mass is 297 g/mol. The van der Waals surface area contributed by atoms with Crippen molar-refractivity contribution in [3.05, 3.63) is 59.4 Å². The van der Waals surface area contributed by atoms with E-state index in [0.29, 0.717) is 16.9 Å². The van der Waals surface area contributed by atoms with Gasteiger partial charge in [0, 0.05) is 27.5 Å². The molecule has 0 aliphatic carbocycles. The van der Waals surface area contributed by atoms with Crippen LogP contribution in [0.1, 0.15) is 12.5 Å². The SMILES string of the molecule is CC(N)Cc1c(F)cccc1Sc1ccc(F)cc1F. The van der Waals surface area contributed by atoms with E-state index in [9.17, 15) is 13.2 Å². The lowest BCUT2D eigenvalue weighted by Gasteiger charge is -2.12. The summed E-state index contributed by atoms with van der Waals surface area (Å²) in [6.07, 6.45) is 0.359. The lowest BCUT2D eigenvalue weighted by Crippen LogP contribution is -2.19. The van der Waals surface area contributed by atoms with Gasteiger partial charge in [0.1, 0.15) is 17.5 Å². The second-order valence-electron chi connectivity index (χ2n) is 4.57. The first-order valence-electron chi connectivity index (χ1n) is 6.13. The number of benzene rings is 2. The lowest BCUT2D eigenvalue weighted by atomic mass is 10.1. The van der Waals surface area contributed by atoms with Crippen molar-refractivity contribution in [2.75, 3.05) is 0 Å². The van der Waals surface area contributed by atoms with Gasteiger partial charge in [-0.25, -0.2) is 13.2 Å². The molecule has 1 unspecified atom stereocenters. The van der Waals surface area contributed by atoms with Gasteiger partial charge in [0.25, 0.3) is 0 Å². The molecule has 106 valence electrons. The fraction of sp³-hybridized carbons (Fsp3) is 0.200. The predicted molar refractivity (Wildman–Crippen MR) is 74.2 cm³/mol. The van der Waals surface area contributed by atoms with Crippen molar-refractivity contribution in [2.45, 2.75) is 29.2 Å². The highest BCUT2D eigenvalue weighted by Crippen LogP contribution is 2.34. The van der Waals surface area contributed by atoms with Crippen LogP contribution in [0.25, 0.3) is 0 Å². The van der Waals surface area contributed by atoms with Gasteiger partial charge in [-0.3, -0.25) is 0 Å². The highest BCUT2D eigenvalue weighted by molar-refractivity contribution is 7.99. The summed E-state index contributed by atoms with van der Waals surface area (Å²) in [4.78, 5) is 0.843. The molecule has 0 heterocycles. The summed E-state index contributed by atoms with van der Waals surface area (Å²) in [6.45, 7) is 1.78. The van der Waals surface area contributed by atoms with Crippen molar-refractivity contribution >= 4 is 11.8 Å². The maximum atomic E-state index is 13.9. The van der Waals surface area contributed by atoms with Gasteiger partial charge in [0.2, 0.25) is 0 Å². The third-order valence-corrected chi connectivity index (χ3v) is 3.87. The summed E-state index contributed by atoms with van der Waals surface area (Å²) in [5, 5.41) is 0. The fourth-order valence-electron chi connectivity index (χ4n) is 1.83. The van der Waals surface area contributed by atoms with Crippen LogP contribution >= 0.6 is 11.8 Å². The molecule has 1 atom stereocenters. The van der Waals surface area contributed by atoms with Crippen LogP contribution in [-0.4, -0.2) is 6.04 Å². The van der Waals surface area contributed by atoms with E-state index < -0.39 is 11.6 Å². The van der Waals surface area contributed by atoms with Crippen LogP contribution in [0, 0.1) is 17.5 Å². The van der Waals surface area contributed by atoms with Crippen LogP contribution in [0.3, 0.4) is 0 Å². The molecule has 0 aromatic heterocycles. The van der Waals surface area contributed by atoms with Crippen molar-refractivity contribution in [3.63, 3.8) is 0 Å². The highest BCUT2D eigenvalue weighted by Gasteiger charge is 2.13. The first-order chi connectivity index (χ1) is 9.47. The Kier molecular flexibility index (Phi) is 4.73. The van der Waals surface area contributed by atoms with E-state index in [-0.39, 0.29) is 16.8 Å². The van der Waals surface area contributed by atoms with Crippen LogP contribution in [0.5, 0.6) is 0 Å². The zero-order valence-electron chi connectivity index (χ0n) is 10.9. The van der Waals surface area contributed by atoms with Gasteiger partial charge >= 0.3 is 0 Å². The van der Waals surface area contributed by atoms with E-state index in [2.05, 4.69) is 0 Å². The molecule has 2 aromatic rings. The second kappa shape index (κ2) is 6.33. The average Bonchev–Trinajstić information content (AvgIpc) is 2.36. The van der Waals surface area contributed by atoms with Crippen molar-refractivity contribution in [2.24, 2.45) is 5.73 Å². The van der Waals surface area contributed by atoms with Gasteiger partial charge in [-0.05, 0) is 37.6 Å². The first-order valence-corrected chi connectivity index (χ1v) is 6.95. The Bertz CT molecular complexity index is 614. The predicted octanol–water partition coefficient (Wildman–Crippen LogP) is 4.14. The molecular weight excluding hydrogens is 283 g/mol. The molecule has 0 bridgehead atoms. The molecule has 0 saturated heterocycles. The van der Waals surface area contributed by atoms with Crippen LogP contribution in [0.2, 0.25) is 0 Å². The molecule has 2 aromatic carbocycles. The quantitative estimate of drug-likeness (QED) is 0.917. The summed E-state index contributed by atoms with van der Waals surface area (Å²) in [7, 11) is 0. The Morgan fingerprint density at radius 1 is 1.05 bits per heavy atom. The molecule has 2 rings (SSSR count). The van der Waals surface area contributed by atoms with Gasteiger partial charge in [0.05, 0.1) is 0 Å². The minimum atomic E-state index is -0.661. The van der Waals surface area contributed by atoms with Crippen LogP contribution in [-0.2, 0) is 6.42 Å². The van der Waals surface area contributed by atoms with Gasteiger partial charge in [0.15, 0.2) is 0 Å². The summed E-state index contributed by atoms with van der Waals surface area (Å²) in [6, 6.07) is 7.74. The average molecular weight is 297 g/mol. The molecule has 20 heavy (non-hydrogen) atoms. The molecule has 0 amide bonds.